The molecule has 1 saturated carbocycles. The lowest BCUT2D eigenvalue weighted by atomic mass is 10.0. The quantitative estimate of drug-likeness (QED) is 0.856. The van der Waals surface area contributed by atoms with Crippen LogP contribution in [0.5, 0.6) is 5.75 Å². The lowest BCUT2D eigenvalue weighted by molar-refractivity contribution is 0.296. The molecule has 1 aromatic carbocycles. The summed E-state index contributed by atoms with van der Waals surface area (Å²) in [5.74, 6) is 1.55. The molecular weight excluding hydrogens is 269 g/mol. The standard InChI is InChI=1S/C14H19Cl2NO/c1-2-11(17)5-10-6-12(15)13(16)7-14(10)18-8-9-3-4-9/h6-7,9,11H,2-5,8,17H2,1H3. The maximum Gasteiger partial charge on any atom is 0.124 e. The first-order chi connectivity index (χ1) is 8.60. The highest BCUT2D eigenvalue weighted by Crippen LogP contribution is 2.34. The monoisotopic (exact) mass is 287 g/mol. The van der Waals surface area contributed by atoms with Crippen molar-refractivity contribution in [3.05, 3.63) is 27.7 Å². The van der Waals surface area contributed by atoms with E-state index < -0.39 is 0 Å². The summed E-state index contributed by atoms with van der Waals surface area (Å²) >= 11 is 12.1. The maximum absolute atomic E-state index is 6.06. The minimum Gasteiger partial charge on any atom is -0.493 e. The third-order valence-corrected chi connectivity index (χ3v) is 4.00. The molecule has 0 bridgehead atoms. The molecule has 0 aliphatic heterocycles. The van der Waals surface area contributed by atoms with Gasteiger partial charge >= 0.3 is 0 Å². The average Bonchev–Trinajstić information content (AvgIpc) is 3.15. The van der Waals surface area contributed by atoms with Crippen LogP contribution in [0, 0.1) is 5.92 Å². The number of halogens is 2. The molecule has 1 aliphatic carbocycles. The summed E-state index contributed by atoms with van der Waals surface area (Å²) in [5, 5.41) is 1.10. The molecule has 2 N–H and O–H groups in total. The normalized spacial score (nSPS) is 16.7. The highest BCUT2D eigenvalue weighted by molar-refractivity contribution is 6.42. The van der Waals surface area contributed by atoms with Crippen LogP contribution in [0.1, 0.15) is 31.7 Å². The van der Waals surface area contributed by atoms with E-state index in [-0.39, 0.29) is 6.04 Å². The second kappa shape index (κ2) is 6.14. The number of hydrogen-bond donors (Lipinski definition) is 1. The summed E-state index contributed by atoms with van der Waals surface area (Å²) in [6.45, 7) is 2.85. The maximum atomic E-state index is 6.06. The Morgan fingerprint density at radius 2 is 2.00 bits per heavy atom. The van der Waals surface area contributed by atoms with Gasteiger partial charge in [0.2, 0.25) is 0 Å². The zero-order chi connectivity index (χ0) is 13.1. The summed E-state index contributed by atoms with van der Waals surface area (Å²) in [4.78, 5) is 0. The first kappa shape index (κ1) is 14.0. The Morgan fingerprint density at radius 1 is 1.33 bits per heavy atom. The van der Waals surface area contributed by atoms with Gasteiger partial charge in [-0.2, -0.15) is 0 Å². The molecule has 2 nitrogen and oxygen atoms in total. The Labute approximate surface area is 118 Å². The van der Waals surface area contributed by atoms with Crippen molar-refractivity contribution in [1.29, 1.82) is 0 Å². The van der Waals surface area contributed by atoms with Gasteiger partial charge in [0.15, 0.2) is 0 Å². The Bertz CT molecular complexity index is 419. The van der Waals surface area contributed by atoms with Crippen molar-refractivity contribution in [3.63, 3.8) is 0 Å². The fraction of sp³-hybridized carbons (Fsp3) is 0.571. The van der Waals surface area contributed by atoms with Gasteiger partial charge in [-0.05, 0) is 43.2 Å². The van der Waals surface area contributed by atoms with Crippen molar-refractivity contribution in [2.45, 2.75) is 38.6 Å². The Hall–Kier alpha value is -0.440. The van der Waals surface area contributed by atoms with Gasteiger partial charge in [-0.25, -0.2) is 0 Å². The highest BCUT2D eigenvalue weighted by atomic mass is 35.5. The summed E-state index contributed by atoms with van der Waals surface area (Å²) in [6, 6.07) is 3.82. The smallest absolute Gasteiger partial charge is 0.124 e. The van der Waals surface area contributed by atoms with E-state index in [1.807, 2.05) is 12.1 Å². The lowest BCUT2D eigenvalue weighted by Crippen LogP contribution is -2.21. The molecule has 0 radical (unpaired) electrons. The van der Waals surface area contributed by atoms with Gasteiger partial charge in [-0.15, -0.1) is 0 Å². The van der Waals surface area contributed by atoms with Crippen LogP contribution >= 0.6 is 23.2 Å². The van der Waals surface area contributed by atoms with Gasteiger partial charge < -0.3 is 10.5 Å². The number of rotatable bonds is 6. The van der Waals surface area contributed by atoms with Gasteiger partial charge in [0.05, 0.1) is 16.7 Å². The predicted molar refractivity (Wildman–Crippen MR) is 76.7 cm³/mol. The van der Waals surface area contributed by atoms with E-state index in [2.05, 4.69) is 6.92 Å². The number of nitrogens with two attached hydrogens (primary N) is 1. The molecular formula is C14H19Cl2NO. The van der Waals surface area contributed by atoms with Crippen molar-refractivity contribution in [3.8, 4) is 5.75 Å². The zero-order valence-corrected chi connectivity index (χ0v) is 12.1. The fourth-order valence-electron chi connectivity index (χ4n) is 1.78. The molecule has 4 heteroatoms. The van der Waals surface area contributed by atoms with Crippen molar-refractivity contribution in [2.75, 3.05) is 6.61 Å². The van der Waals surface area contributed by atoms with E-state index in [0.29, 0.717) is 16.0 Å². The fourth-order valence-corrected chi connectivity index (χ4v) is 2.12. The van der Waals surface area contributed by atoms with Crippen molar-refractivity contribution >= 4 is 23.2 Å². The van der Waals surface area contributed by atoms with Gasteiger partial charge in [0.1, 0.15) is 5.75 Å². The lowest BCUT2D eigenvalue weighted by Gasteiger charge is -2.15. The van der Waals surface area contributed by atoms with Crippen molar-refractivity contribution < 1.29 is 4.74 Å². The Balaban J connectivity index is 2.14. The van der Waals surface area contributed by atoms with Crippen molar-refractivity contribution in [1.82, 2.24) is 0 Å². The van der Waals surface area contributed by atoms with Crippen LogP contribution in [-0.4, -0.2) is 12.6 Å². The van der Waals surface area contributed by atoms with Crippen molar-refractivity contribution in [2.24, 2.45) is 11.7 Å². The molecule has 0 amide bonds. The Kier molecular flexibility index (Phi) is 4.77. The average molecular weight is 288 g/mol. The molecule has 2 rings (SSSR count). The van der Waals surface area contributed by atoms with Crippen LogP contribution in [0.25, 0.3) is 0 Å². The van der Waals surface area contributed by atoms with E-state index >= 15 is 0 Å². The van der Waals surface area contributed by atoms with E-state index in [1.165, 1.54) is 12.8 Å². The zero-order valence-electron chi connectivity index (χ0n) is 10.6. The predicted octanol–water partition coefficient (Wildman–Crippen LogP) is 4.06. The molecule has 0 aromatic heterocycles. The number of hydrogen-bond acceptors (Lipinski definition) is 2. The molecule has 0 spiro atoms. The second-order valence-electron chi connectivity index (χ2n) is 5.00. The first-order valence-electron chi connectivity index (χ1n) is 6.46. The van der Waals surface area contributed by atoms with Gasteiger partial charge in [-0.1, -0.05) is 30.1 Å². The first-order valence-corrected chi connectivity index (χ1v) is 7.22. The highest BCUT2D eigenvalue weighted by Gasteiger charge is 2.22. The third kappa shape index (κ3) is 3.78. The summed E-state index contributed by atoms with van der Waals surface area (Å²) < 4.78 is 5.84. The van der Waals surface area contributed by atoms with Crippen LogP contribution in [0.4, 0.5) is 0 Å². The molecule has 0 saturated heterocycles. The van der Waals surface area contributed by atoms with E-state index in [4.69, 9.17) is 33.7 Å². The molecule has 1 atom stereocenters. The summed E-state index contributed by atoms with van der Waals surface area (Å²) in [7, 11) is 0. The molecule has 1 aliphatic rings. The molecule has 1 unspecified atom stereocenters. The number of ether oxygens (including phenoxy) is 1. The van der Waals surface area contributed by atoms with E-state index in [0.717, 1.165) is 30.8 Å². The minimum absolute atomic E-state index is 0.130. The largest absolute Gasteiger partial charge is 0.493 e. The third-order valence-electron chi connectivity index (χ3n) is 3.28. The summed E-state index contributed by atoms with van der Waals surface area (Å²) in [5.41, 5.74) is 7.05. The molecule has 18 heavy (non-hydrogen) atoms. The second-order valence-corrected chi connectivity index (χ2v) is 5.82. The topological polar surface area (TPSA) is 35.2 Å². The van der Waals surface area contributed by atoms with E-state index in [1.54, 1.807) is 0 Å². The van der Waals surface area contributed by atoms with Gasteiger partial charge in [0.25, 0.3) is 0 Å². The van der Waals surface area contributed by atoms with E-state index in [9.17, 15) is 0 Å². The van der Waals surface area contributed by atoms with Crippen LogP contribution < -0.4 is 10.5 Å². The Morgan fingerprint density at radius 3 is 2.61 bits per heavy atom. The molecule has 0 heterocycles. The SMILES string of the molecule is CCC(N)Cc1cc(Cl)c(Cl)cc1OCC1CC1. The molecule has 1 aromatic rings. The van der Waals surface area contributed by atoms with Gasteiger partial charge in [0, 0.05) is 12.1 Å². The van der Waals surface area contributed by atoms with Crippen LogP contribution in [-0.2, 0) is 6.42 Å². The summed E-state index contributed by atoms with van der Waals surface area (Å²) in [6.07, 6.45) is 4.24. The van der Waals surface area contributed by atoms with Crippen LogP contribution in [0.2, 0.25) is 10.0 Å². The van der Waals surface area contributed by atoms with Crippen LogP contribution in [0.3, 0.4) is 0 Å². The molecule has 100 valence electrons. The van der Waals surface area contributed by atoms with Crippen LogP contribution in [0.15, 0.2) is 12.1 Å². The number of benzene rings is 1. The minimum atomic E-state index is 0.130. The van der Waals surface area contributed by atoms with Gasteiger partial charge in [-0.3, -0.25) is 0 Å². The molecule has 1 fully saturated rings.